The number of carbonyl (C=O) groups is 1. The molecule has 1 heterocycles. The summed E-state index contributed by atoms with van der Waals surface area (Å²) in [4.78, 5) is 12.5. The summed E-state index contributed by atoms with van der Waals surface area (Å²) in [6.45, 7) is 1.90. The van der Waals surface area contributed by atoms with E-state index in [0.29, 0.717) is 16.5 Å². The zero-order valence-corrected chi connectivity index (χ0v) is 18.5. The fraction of sp³-hybridized carbons (Fsp3) is 0.211. The van der Waals surface area contributed by atoms with Gasteiger partial charge in [0.25, 0.3) is 0 Å². The summed E-state index contributed by atoms with van der Waals surface area (Å²) in [5.74, 6) is 0.243. The Morgan fingerprint density at radius 1 is 1.07 bits per heavy atom. The van der Waals surface area contributed by atoms with Gasteiger partial charge in [0, 0.05) is 17.1 Å². The van der Waals surface area contributed by atoms with E-state index in [1.807, 2.05) is 19.1 Å². The average Bonchev–Trinajstić information content (AvgIpc) is 3.00. The van der Waals surface area contributed by atoms with Crippen molar-refractivity contribution in [3.63, 3.8) is 0 Å². The van der Waals surface area contributed by atoms with Gasteiger partial charge in [0.2, 0.25) is 0 Å². The molecule has 0 radical (unpaired) electrons. The van der Waals surface area contributed by atoms with Crippen LogP contribution in [-0.4, -0.2) is 34.7 Å². The largest absolute Gasteiger partial charge is 0.308 e. The minimum Gasteiger partial charge on any atom is -0.308 e. The van der Waals surface area contributed by atoms with Gasteiger partial charge in [-0.15, -0.1) is 10.2 Å². The molecule has 0 amide bonds. The Bertz CT molecular complexity index is 1090. The summed E-state index contributed by atoms with van der Waals surface area (Å²) in [7, 11) is -1.82. The van der Waals surface area contributed by atoms with Gasteiger partial charge in [-0.25, -0.2) is 8.42 Å². The van der Waals surface area contributed by atoms with E-state index in [4.69, 9.17) is 0 Å². The van der Waals surface area contributed by atoms with Crippen molar-refractivity contribution in [1.82, 2.24) is 14.8 Å². The summed E-state index contributed by atoms with van der Waals surface area (Å²) >= 11 is 4.57. The van der Waals surface area contributed by atoms with Crippen molar-refractivity contribution >= 4 is 43.3 Å². The molecule has 1 aromatic heterocycles. The van der Waals surface area contributed by atoms with E-state index in [1.54, 1.807) is 48.0 Å². The summed E-state index contributed by atoms with van der Waals surface area (Å²) in [5, 5.41) is 8.54. The smallest absolute Gasteiger partial charge is 0.191 e. The Hall–Kier alpha value is -1.97. The van der Waals surface area contributed by atoms with Crippen LogP contribution in [0.4, 0.5) is 0 Å². The fourth-order valence-corrected chi connectivity index (χ4v) is 4.84. The summed E-state index contributed by atoms with van der Waals surface area (Å²) in [6.07, 6.45) is 0. The van der Waals surface area contributed by atoms with Crippen LogP contribution < -0.4 is 0 Å². The van der Waals surface area contributed by atoms with Crippen LogP contribution in [0.5, 0.6) is 0 Å². The minimum atomic E-state index is -3.52. The minimum absolute atomic E-state index is 0.0330. The molecule has 3 aromatic rings. The lowest BCUT2D eigenvalue weighted by Gasteiger charge is -2.06. The average molecular weight is 480 g/mol. The van der Waals surface area contributed by atoms with Crippen molar-refractivity contribution < 1.29 is 13.2 Å². The molecule has 28 heavy (non-hydrogen) atoms. The van der Waals surface area contributed by atoms with Crippen LogP contribution >= 0.6 is 27.7 Å². The number of rotatable bonds is 7. The van der Waals surface area contributed by atoms with E-state index >= 15 is 0 Å². The van der Waals surface area contributed by atoms with Gasteiger partial charge in [-0.2, -0.15) is 0 Å². The molecule has 9 heteroatoms. The first-order valence-electron chi connectivity index (χ1n) is 8.35. The third-order valence-electron chi connectivity index (χ3n) is 4.12. The molecule has 0 aliphatic rings. The van der Waals surface area contributed by atoms with Crippen molar-refractivity contribution in [2.24, 2.45) is 7.05 Å². The van der Waals surface area contributed by atoms with Crippen LogP contribution in [0.2, 0.25) is 0 Å². The summed E-state index contributed by atoms with van der Waals surface area (Å²) in [6, 6.07) is 13.8. The first-order chi connectivity index (χ1) is 13.3. The Morgan fingerprint density at radius 3 is 2.36 bits per heavy atom. The van der Waals surface area contributed by atoms with Crippen LogP contribution in [-0.2, 0) is 22.6 Å². The SMILES string of the molecule is Cc1ccc(S(=O)(=O)Cc2nnc(SCC(=O)c3ccc(Br)cc3)n2C)cc1. The second-order valence-electron chi connectivity index (χ2n) is 6.25. The highest BCUT2D eigenvalue weighted by atomic mass is 79.9. The number of carbonyl (C=O) groups excluding carboxylic acids is 1. The molecule has 0 saturated carbocycles. The van der Waals surface area contributed by atoms with E-state index in [-0.39, 0.29) is 22.2 Å². The van der Waals surface area contributed by atoms with Gasteiger partial charge in [-0.1, -0.05) is 57.5 Å². The Morgan fingerprint density at radius 2 is 1.71 bits per heavy atom. The molecule has 6 nitrogen and oxygen atoms in total. The zero-order chi connectivity index (χ0) is 20.3. The second kappa shape index (κ2) is 8.59. The van der Waals surface area contributed by atoms with E-state index in [9.17, 15) is 13.2 Å². The number of hydrogen-bond acceptors (Lipinski definition) is 6. The van der Waals surface area contributed by atoms with E-state index < -0.39 is 9.84 Å². The number of aryl methyl sites for hydroxylation is 1. The molecule has 0 aliphatic carbocycles. The molecule has 146 valence electrons. The summed E-state index contributed by atoms with van der Waals surface area (Å²) in [5.41, 5.74) is 1.60. The summed E-state index contributed by atoms with van der Waals surface area (Å²) < 4.78 is 27.7. The van der Waals surface area contributed by atoms with E-state index in [0.717, 1.165) is 10.0 Å². The third kappa shape index (κ3) is 4.89. The molecule has 2 aromatic carbocycles. The van der Waals surface area contributed by atoms with Gasteiger partial charge in [0.05, 0.1) is 10.6 Å². The predicted octanol–water partition coefficient (Wildman–Crippen LogP) is 3.83. The van der Waals surface area contributed by atoms with Crippen molar-refractivity contribution in [2.45, 2.75) is 22.7 Å². The first-order valence-corrected chi connectivity index (χ1v) is 11.8. The number of halogens is 1. The highest BCUT2D eigenvalue weighted by molar-refractivity contribution is 9.10. The number of ketones is 1. The van der Waals surface area contributed by atoms with Crippen LogP contribution in [0.1, 0.15) is 21.7 Å². The topological polar surface area (TPSA) is 81.9 Å². The van der Waals surface area contributed by atoms with Crippen LogP contribution in [0.25, 0.3) is 0 Å². The maximum absolute atomic E-state index is 12.6. The first kappa shape index (κ1) is 20.8. The van der Waals surface area contributed by atoms with E-state index in [2.05, 4.69) is 26.1 Å². The van der Waals surface area contributed by atoms with Gasteiger partial charge in [-0.3, -0.25) is 4.79 Å². The van der Waals surface area contributed by atoms with Crippen molar-refractivity contribution in [3.8, 4) is 0 Å². The lowest BCUT2D eigenvalue weighted by molar-refractivity contribution is 0.102. The molecule has 3 rings (SSSR count). The van der Waals surface area contributed by atoms with E-state index in [1.165, 1.54) is 11.8 Å². The Kier molecular flexibility index (Phi) is 6.36. The van der Waals surface area contributed by atoms with Crippen molar-refractivity contribution in [1.29, 1.82) is 0 Å². The number of sulfone groups is 1. The van der Waals surface area contributed by atoms with Gasteiger partial charge in [0.15, 0.2) is 20.8 Å². The fourth-order valence-electron chi connectivity index (χ4n) is 2.44. The highest BCUT2D eigenvalue weighted by Gasteiger charge is 2.20. The molecule has 0 atom stereocenters. The van der Waals surface area contributed by atoms with Crippen molar-refractivity contribution in [2.75, 3.05) is 5.75 Å². The van der Waals surface area contributed by atoms with Crippen LogP contribution in [0.3, 0.4) is 0 Å². The molecule has 0 fully saturated rings. The van der Waals surface area contributed by atoms with Gasteiger partial charge >= 0.3 is 0 Å². The molecule has 0 spiro atoms. The van der Waals surface area contributed by atoms with Crippen molar-refractivity contribution in [3.05, 3.63) is 70.0 Å². The monoisotopic (exact) mass is 479 g/mol. The zero-order valence-electron chi connectivity index (χ0n) is 15.3. The number of hydrogen-bond donors (Lipinski definition) is 0. The Balaban J connectivity index is 1.69. The second-order valence-corrected chi connectivity index (χ2v) is 10.1. The third-order valence-corrected chi connectivity index (χ3v) is 7.30. The van der Waals surface area contributed by atoms with Gasteiger partial charge < -0.3 is 4.57 Å². The van der Waals surface area contributed by atoms with Crippen LogP contribution in [0.15, 0.2) is 63.1 Å². The van der Waals surface area contributed by atoms with Crippen LogP contribution in [0, 0.1) is 6.92 Å². The number of thioether (sulfide) groups is 1. The highest BCUT2D eigenvalue weighted by Crippen LogP contribution is 2.21. The number of Topliss-reactive ketones (excluding diaryl/α,β-unsaturated/α-hetero) is 1. The molecule has 0 saturated heterocycles. The predicted molar refractivity (Wildman–Crippen MR) is 112 cm³/mol. The maximum Gasteiger partial charge on any atom is 0.191 e. The molecular formula is C19H18BrN3O3S2. The lowest BCUT2D eigenvalue weighted by atomic mass is 10.2. The molecular weight excluding hydrogens is 462 g/mol. The maximum atomic E-state index is 12.6. The number of aromatic nitrogens is 3. The molecule has 0 N–H and O–H groups in total. The molecule has 0 aliphatic heterocycles. The lowest BCUT2D eigenvalue weighted by Crippen LogP contribution is -2.10. The van der Waals surface area contributed by atoms with Gasteiger partial charge in [0.1, 0.15) is 11.6 Å². The molecule has 0 bridgehead atoms. The number of nitrogens with zero attached hydrogens (tertiary/aromatic N) is 3. The number of benzene rings is 2. The normalized spacial score (nSPS) is 11.5. The quantitative estimate of drug-likeness (QED) is 0.378. The standard InChI is InChI=1S/C19H18BrN3O3S2/c1-13-3-9-16(10-4-13)28(25,26)12-18-21-22-19(23(18)2)27-11-17(24)14-5-7-15(20)8-6-14/h3-10H,11-12H2,1-2H3. The van der Waals surface area contributed by atoms with Gasteiger partial charge in [-0.05, 0) is 31.2 Å². The Labute approximate surface area is 176 Å². The molecule has 0 unspecified atom stereocenters.